The number of nitrogens with zero attached hydrogens (tertiary/aromatic N) is 5. The van der Waals surface area contributed by atoms with Crippen LogP contribution in [0.15, 0.2) is 18.6 Å². The summed E-state index contributed by atoms with van der Waals surface area (Å²) in [6.45, 7) is 0. The fourth-order valence-corrected chi connectivity index (χ4v) is 4.30. The highest BCUT2D eigenvalue weighted by Crippen LogP contribution is 2.10. The van der Waals surface area contributed by atoms with Crippen molar-refractivity contribution >= 4 is 25.7 Å². The highest BCUT2D eigenvalue weighted by atomic mass is 32.3. The summed E-state index contributed by atoms with van der Waals surface area (Å²) in [7, 11) is -7.95. The minimum atomic E-state index is -3.98. The summed E-state index contributed by atoms with van der Waals surface area (Å²) in [4.78, 5) is 0. The van der Waals surface area contributed by atoms with Crippen molar-refractivity contribution in [2.75, 3.05) is 16.3 Å². The predicted octanol–water partition coefficient (Wildman–Crippen LogP) is -1.61. The Hall–Kier alpha value is -1.62. The summed E-state index contributed by atoms with van der Waals surface area (Å²) in [5.74, 6) is 0. The van der Waals surface area contributed by atoms with Crippen molar-refractivity contribution in [2.24, 2.45) is 0 Å². The van der Waals surface area contributed by atoms with E-state index < -0.39 is 20.0 Å². The smallest absolute Gasteiger partial charge is 0.216 e. The highest BCUT2D eigenvalue weighted by molar-refractivity contribution is 8.09. The zero-order valence-corrected chi connectivity index (χ0v) is 10.6. The van der Waals surface area contributed by atoms with Crippen LogP contribution in [-0.4, -0.2) is 48.9 Å². The number of aromatic nitrogens is 4. The van der Waals surface area contributed by atoms with Crippen LogP contribution in [0.25, 0.3) is 5.65 Å². The van der Waals surface area contributed by atoms with Gasteiger partial charge in [-0.1, -0.05) is 9.03 Å². The molecule has 0 saturated carbocycles. The third-order valence-electron chi connectivity index (χ3n) is 1.88. The van der Waals surface area contributed by atoms with Crippen LogP contribution in [0.5, 0.6) is 0 Å². The average molecular weight is 279 g/mol. The van der Waals surface area contributed by atoms with E-state index in [1.54, 1.807) is 0 Å². The minimum Gasteiger partial charge on any atom is -0.216 e. The molecule has 0 unspecified atom stereocenters. The van der Waals surface area contributed by atoms with Crippen LogP contribution in [0.3, 0.4) is 0 Å². The molecule has 0 aliphatic carbocycles. The maximum atomic E-state index is 11.5. The van der Waals surface area contributed by atoms with Crippen molar-refractivity contribution in [3.05, 3.63) is 18.6 Å². The van der Waals surface area contributed by atoms with Crippen LogP contribution in [0.2, 0.25) is 0 Å². The Morgan fingerprint density at radius 2 is 1.71 bits per heavy atom. The zero-order chi connectivity index (χ0) is 12.8. The Labute approximate surface area is 97.3 Å². The van der Waals surface area contributed by atoms with E-state index >= 15 is 0 Å². The fraction of sp³-hybridized carbons (Fsp3) is 0.333. The van der Waals surface area contributed by atoms with Crippen LogP contribution >= 0.6 is 0 Å². The second-order valence-electron chi connectivity index (χ2n) is 3.38. The van der Waals surface area contributed by atoms with Crippen LogP contribution in [0.4, 0.5) is 0 Å². The molecule has 2 aromatic rings. The summed E-state index contributed by atoms with van der Waals surface area (Å²) >= 11 is 0. The summed E-state index contributed by atoms with van der Waals surface area (Å²) in [6, 6.07) is 0. The van der Waals surface area contributed by atoms with Gasteiger partial charge >= 0.3 is 0 Å². The van der Waals surface area contributed by atoms with Gasteiger partial charge in [-0.15, -0.1) is 5.10 Å². The summed E-state index contributed by atoms with van der Waals surface area (Å²) in [6.07, 6.45) is 5.52. The van der Waals surface area contributed by atoms with E-state index in [4.69, 9.17) is 0 Å². The number of sulfonamides is 2. The summed E-state index contributed by atoms with van der Waals surface area (Å²) in [5, 5.41) is 7.16. The Morgan fingerprint density at radius 3 is 2.24 bits per heavy atom. The molecule has 0 aliphatic rings. The second-order valence-corrected chi connectivity index (χ2v) is 7.24. The molecule has 0 saturated heterocycles. The lowest BCUT2D eigenvalue weighted by molar-refractivity contribution is 0.576. The molecular weight excluding hydrogens is 270 g/mol. The van der Waals surface area contributed by atoms with Gasteiger partial charge in [0.05, 0.1) is 24.9 Å². The average Bonchev–Trinajstić information content (AvgIpc) is 2.63. The van der Waals surface area contributed by atoms with E-state index in [0.29, 0.717) is 0 Å². The van der Waals surface area contributed by atoms with E-state index in [1.807, 2.05) is 0 Å². The van der Waals surface area contributed by atoms with Gasteiger partial charge in [0, 0.05) is 6.20 Å². The number of fused-ring (bicyclic) bond motifs is 1. The van der Waals surface area contributed by atoms with Crippen molar-refractivity contribution in [2.45, 2.75) is 0 Å². The standard InChI is InChI=1S/C6H9N5O4S2/c1-16(12,13)11(17(2,14)15)10-4-3-9-6(10)5-7-8-9/h3-5H,1-2H3. The van der Waals surface area contributed by atoms with Gasteiger partial charge in [0.2, 0.25) is 0 Å². The first-order valence-corrected chi connectivity index (χ1v) is 7.99. The van der Waals surface area contributed by atoms with Crippen LogP contribution in [0, 0.1) is 0 Å². The van der Waals surface area contributed by atoms with Gasteiger partial charge in [0.15, 0.2) is 5.65 Å². The largest absolute Gasteiger partial charge is 0.259 e. The zero-order valence-electron chi connectivity index (χ0n) is 8.92. The van der Waals surface area contributed by atoms with Crippen molar-refractivity contribution in [1.29, 1.82) is 0 Å². The van der Waals surface area contributed by atoms with Crippen molar-refractivity contribution in [3.8, 4) is 0 Å². The number of rotatable bonds is 3. The van der Waals surface area contributed by atoms with Gasteiger partial charge < -0.3 is 0 Å². The number of imidazole rings is 1. The first-order valence-electron chi connectivity index (χ1n) is 4.29. The molecule has 0 spiro atoms. The molecule has 2 heterocycles. The molecule has 17 heavy (non-hydrogen) atoms. The normalized spacial score (nSPS) is 13.1. The molecule has 0 bridgehead atoms. The summed E-state index contributed by atoms with van der Waals surface area (Å²) < 4.78 is 48.6. The van der Waals surface area contributed by atoms with E-state index in [9.17, 15) is 16.8 Å². The number of hydrogen-bond acceptors (Lipinski definition) is 6. The predicted molar refractivity (Wildman–Crippen MR) is 58.9 cm³/mol. The van der Waals surface area contributed by atoms with E-state index in [-0.39, 0.29) is 9.47 Å². The molecule has 2 rings (SSSR count). The monoisotopic (exact) mass is 279 g/mol. The first-order chi connectivity index (χ1) is 7.71. The quantitative estimate of drug-likeness (QED) is 0.669. The van der Waals surface area contributed by atoms with E-state index in [0.717, 1.165) is 17.2 Å². The maximum absolute atomic E-state index is 11.5. The van der Waals surface area contributed by atoms with Crippen LogP contribution < -0.4 is 3.82 Å². The van der Waals surface area contributed by atoms with Gasteiger partial charge in [-0.25, -0.2) is 26.0 Å². The molecule has 94 valence electrons. The Bertz CT molecular complexity index is 723. The first kappa shape index (κ1) is 11.9. The lowest BCUT2D eigenvalue weighted by Gasteiger charge is -2.20. The van der Waals surface area contributed by atoms with Crippen molar-refractivity contribution in [3.63, 3.8) is 0 Å². The molecule has 0 radical (unpaired) electrons. The van der Waals surface area contributed by atoms with Crippen LogP contribution in [0.1, 0.15) is 0 Å². The molecule has 9 nitrogen and oxygen atoms in total. The molecule has 2 aromatic heterocycles. The van der Waals surface area contributed by atoms with Gasteiger partial charge in [-0.3, -0.25) is 0 Å². The maximum Gasteiger partial charge on any atom is 0.259 e. The fourth-order valence-electron chi connectivity index (χ4n) is 1.41. The molecule has 0 fully saturated rings. The summed E-state index contributed by atoms with van der Waals surface area (Å²) in [5.41, 5.74) is 0.223. The third kappa shape index (κ3) is 1.98. The van der Waals surface area contributed by atoms with E-state index in [1.165, 1.54) is 23.1 Å². The van der Waals surface area contributed by atoms with Crippen molar-refractivity contribution < 1.29 is 16.8 Å². The lowest BCUT2D eigenvalue weighted by atomic mass is 10.8. The molecule has 0 N–H and O–H groups in total. The SMILES string of the molecule is CS(=O)(=O)N(n1ccn2nncc12)S(C)(=O)=O. The second kappa shape index (κ2) is 3.43. The van der Waals surface area contributed by atoms with E-state index in [2.05, 4.69) is 10.3 Å². The molecule has 0 amide bonds. The third-order valence-corrected chi connectivity index (χ3v) is 4.99. The molecule has 0 aromatic carbocycles. The van der Waals surface area contributed by atoms with Gasteiger partial charge in [0.25, 0.3) is 20.0 Å². The van der Waals surface area contributed by atoms with Gasteiger partial charge in [0.1, 0.15) is 0 Å². The Kier molecular flexibility index (Phi) is 2.39. The number of hydrogen-bond donors (Lipinski definition) is 0. The highest BCUT2D eigenvalue weighted by Gasteiger charge is 2.28. The topological polar surface area (TPSA) is 107 Å². The minimum absolute atomic E-state index is 0.223. The molecule has 0 aliphatic heterocycles. The van der Waals surface area contributed by atoms with Crippen molar-refractivity contribution in [1.82, 2.24) is 19.5 Å². The Balaban J connectivity index is 2.76. The van der Waals surface area contributed by atoms with Crippen LogP contribution in [-0.2, 0) is 20.0 Å². The Morgan fingerprint density at radius 1 is 1.12 bits per heavy atom. The lowest BCUT2D eigenvalue weighted by Crippen LogP contribution is -2.43. The van der Waals surface area contributed by atoms with Gasteiger partial charge in [-0.2, -0.15) is 0 Å². The molecule has 0 atom stereocenters. The van der Waals surface area contributed by atoms with Gasteiger partial charge in [-0.05, 0) is 0 Å². The molecule has 11 heteroatoms. The molecular formula is C6H9N5O4S2.